The van der Waals surface area contributed by atoms with Gasteiger partial charge in [0.15, 0.2) is 0 Å². The van der Waals surface area contributed by atoms with Crippen LogP contribution in [0.15, 0.2) is 28.8 Å². The second-order valence-electron chi connectivity index (χ2n) is 8.72. The number of hydrogen-bond acceptors (Lipinski definition) is 6. The summed E-state index contributed by atoms with van der Waals surface area (Å²) in [6, 6.07) is 8.12. The molecule has 1 aromatic heterocycles. The minimum atomic E-state index is -0.731. The largest absolute Gasteiger partial charge is 0.339 e. The molecule has 1 amide bonds. The number of nitrogens with one attached hydrogen (secondary N) is 1. The first-order chi connectivity index (χ1) is 15.0. The summed E-state index contributed by atoms with van der Waals surface area (Å²) < 4.78 is 19.0. The number of halogens is 1. The maximum absolute atomic E-state index is 13.5. The minimum Gasteiger partial charge on any atom is -0.339 e. The third-order valence-electron chi connectivity index (χ3n) is 6.54. The molecule has 0 spiro atoms. The van der Waals surface area contributed by atoms with Gasteiger partial charge in [0.05, 0.1) is 18.0 Å². The van der Waals surface area contributed by atoms with Gasteiger partial charge in [-0.1, -0.05) is 36.6 Å². The molecule has 2 aromatic rings. The van der Waals surface area contributed by atoms with Crippen molar-refractivity contribution in [2.45, 2.75) is 69.4 Å². The van der Waals surface area contributed by atoms with Gasteiger partial charge in [0.1, 0.15) is 11.4 Å². The van der Waals surface area contributed by atoms with E-state index in [0.717, 1.165) is 51.5 Å². The molecule has 1 saturated carbocycles. The summed E-state index contributed by atoms with van der Waals surface area (Å²) in [5, 5.41) is 16.7. The highest BCUT2D eigenvalue weighted by molar-refractivity contribution is 5.82. The maximum Gasteiger partial charge on any atom is 0.238 e. The number of benzene rings is 1. The van der Waals surface area contributed by atoms with Gasteiger partial charge in [-0.2, -0.15) is 10.2 Å². The van der Waals surface area contributed by atoms with Crippen molar-refractivity contribution in [1.29, 1.82) is 5.26 Å². The molecule has 2 unspecified atom stereocenters. The van der Waals surface area contributed by atoms with Crippen LogP contribution in [0, 0.1) is 17.1 Å². The van der Waals surface area contributed by atoms with E-state index in [0.29, 0.717) is 23.8 Å². The summed E-state index contributed by atoms with van der Waals surface area (Å²) in [4.78, 5) is 19.5. The van der Waals surface area contributed by atoms with Crippen LogP contribution in [-0.2, 0) is 4.79 Å². The third-order valence-corrected chi connectivity index (χ3v) is 6.54. The predicted octanol–water partition coefficient (Wildman–Crippen LogP) is 3.79. The number of nitriles is 1. The van der Waals surface area contributed by atoms with Crippen molar-refractivity contribution in [2.75, 3.05) is 13.1 Å². The van der Waals surface area contributed by atoms with Gasteiger partial charge in [0, 0.05) is 12.1 Å². The SMILES string of the molecule is CC(C(=O)NC1(C#N)CCCCC1)N1CCCC(c2nc(-c3cccc(F)c3)no2)C1. The molecule has 1 saturated heterocycles. The van der Waals surface area contributed by atoms with E-state index in [9.17, 15) is 14.4 Å². The number of amides is 1. The van der Waals surface area contributed by atoms with Crippen molar-refractivity contribution >= 4 is 5.91 Å². The van der Waals surface area contributed by atoms with Crippen LogP contribution < -0.4 is 5.32 Å². The molecule has 1 N–H and O–H groups in total. The molecule has 1 aromatic carbocycles. The molecule has 2 heterocycles. The molecule has 8 heteroatoms. The van der Waals surface area contributed by atoms with Crippen molar-refractivity contribution < 1.29 is 13.7 Å². The Morgan fingerprint density at radius 3 is 2.90 bits per heavy atom. The minimum absolute atomic E-state index is 0.0124. The molecule has 2 atom stereocenters. The molecule has 2 fully saturated rings. The zero-order valence-electron chi connectivity index (χ0n) is 17.8. The second kappa shape index (κ2) is 9.15. The average molecular weight is 426 g/mol. The van der Waals surface area contributed by atoms with E-state index in [1.807, 2.05) is 6.92 Å². The first-order valence-corrected chi connectivity index (χ1v) is 11.1. The fraction of sp³-hybridized carbons (Fsp3) is 0.565. The fourth-order valence-corrected chi connectivity index (χ4v) is 4.63. The summed E-state index contributed by atoms with van der Waals surface area (Å²) in [5.74, 6) is 0.442. The van der Waals surface area contributed by atoms with Gasteiger partial charge < -0.3 is 9.84 Å². The summed E-state index contributed by atoms with van der Waals surface area (Å²) >= 11 is 0. The molecular formula is C23H28FN5O2. The maximum atomic E-state index is 13.5. The Balaban J connectivity index is 1.41. The molecule has 2 aliphatic rings. The van der Waals surface area contributed by atoms with Gasteiger partial charge in [-0.05, 0) is 51.3 Å². The number of rotatable bonds is 5. The summed E-state index contributed by atoms with van der Waals surface area (Å²) in [6.07, 6.45) is 6.29. The van der Waals surface area contributed by atoms with E-state index in [2.05, 4.69) is 26.4 Å². The lowest BCUT2D eigenvalue weighted by atomic mass is 9.82. The zero-order chi connectivity index (χ0) is 21.8. The molecule has 0 radical (unpaired) electrons. The van der Waals surface area contributed by atoms with Crippen molar-refractivity contribution in [2.24, 2.45) is 0 Å². The number of aromatic nitrogens is 2. The molecule has 4 rings (SSSR count). The standard InChI is InChI=1S/C23H28FN5O2/c1-16(21(30)27-23(15-25)10-3-2-4-11-23)29-12-6-8-18(14-29)22-26-20(28-31-22)17-7-5-9-19(24)13-17/h5,7,9,13,16,18H,2-4,6,8,10-12,14H2,1H3,(H,27,30). The highest BCUT2D eigenvalue weighted by Crippen LogP contribution is 2.30. The Morgan fingerprint density at radius 2 is 2.16 bits per heavy atom. The molecule has 31 heavy (non-hydrogen) atoms. The summed E-state index contributed by atoms with van der Waals surface area (Å²) in [7, 11) is 0. The normalized spacial score (nSPS) is 22.4. The number of likely N-dealkylation sites (tertiary alicyclic amines) is 1. The zero-order valence-corrected chi connectivity index (χ0v) is 17.8. The topological polar surface area (TPSA) is 95.1 Å². The molecular weight excluding hydrogens is 397 g/mol. The van der Waals surface area contributed by atoms with Crippen molar-refractivity contribution in [3.8, 4) is 17.5 Å². The lowest BCUT2D eigenvalue weighted by molar-refractivity contribution is -0.128. The highest BCUT2D eigenvalue weighted by atomic mass is 19.1. The lowest BCUT2D eigenvalue weighted by Crippen LogP contribution is -2.56. The van der Waals surface area contributed by atoms with Crippen LogP contribution in [0.2, 0.25) is 0 Å². The first-order valence-electron chi connectivity index (χ1n) is 11.1. The highest BCUT2D eigenvalue weighted by Gasteiger charge is 2.37. The molecule has 7 nitrogen and oxygen atoms in total. The van der Waals surface area contributed by atoms with Gasteiger partial charge in [-0.3, -0.25) is 9.69 Å². The fourth-order valence-electron chi connectivity index (χ4n) is 4.63. The quantitative estimate of drug-likeness (QED) is 0.783. The third kappa shape index (κ3) is 4.77. The van der Waals surface area contributed by atoms with E-state index in [1.165, 1.54) is 12.1 Å². The van der Waals surface area contributed by atoms with Gasteiger partial charge in [-0.25, -0.2) is 4.39 Å². The van der Waals surface area contributed by atoms with Gasteiger partial charge in [-0.15, -0.1) is 0 Å². The molecule has 164 valence electrons. The smallest absolute Gasteiger partial charge is 0.238 e. The number of nitrogens with zero attached hydrogens (tertiary/aromatic N) is 4. The van der Waals surface area contributed by atoms with Crippen molar-refractivity contribution in [1.82, 2.24) is 20.4 Å². The lowest BCUT2D eigenvalue weighted by Gasteiger charge is -2.37. The Kier molecular flexibility index (Phi) is 6.33. The summed E-state index contributed by atoms with van der Waals surface area (Å²) in [6.45, 7) is 3.31. The Bertz CT molecular complexity index is 963. The van der Waals surface area contributed by atoms with Crippen molar-refractivity contribution in [3.05, 3.63) is 36.0 Å². The number of hydrogen-bond donors (Lipinski definition) is 1. The van der Waals surface area contributed by atoms with Crippen LogP contribution in [0.4, 0.5) is 4.39 Å². The average Bonchev–Trinajstić information content (AvgIpc) is 3.30. The molecule has 1 aliphatic carbocycles. The molecule has 1 aliphatic heterocycles. The van der Waals surface area contributed by atoms with Crippen LogP contribution >= 0.6 is 0 Å². The van der Waals surface area contributed by atoms with Crippen LogP contribution in [0.3, 0.4) is 0 Å². The number of piperidine rings is 1. The van der Waals surface area contributed by atoms with Crippen LogP contribution in [0.5, 0.6) is 0 Å². The van der Waals surface area contributed by atoms with Gasteiger partial charge in [0.25, 0.3) is 0 Å². The van der Waals surface area contributed by atoms with E-state index in [1.54, 1.807) is 12.1 Å². The van der Waals surface area contributed by atoms with Crippen molar-refractivity contribution in [3.63, 3.8) is 0 Å². The Labute approximate surface area is 181 Å². The predicted molar refractivity (Wildman–Crippen MR) is 112 cm³/mol. The number of carbonyl (C=O) groups is 1. The van der Waals surface area contributed by atoms with E-state index >= 15 is 0 Å². The second-order valence-corrected chi connectivity index (χ2v) is 8.72. The van der Waals surface area contributed by atoms with Gasteiger partial charge in [0.2, 0.25) is 17.6 Å². The Morgan fingerprint density at radius 1 is 1.35 bits per heavy atom. The Hall–Kier alpha value is -2.79. The van der Waals surface area contributed by atoms with Crippen LogP contribution in [0.1, 0.15) is 63.7 Å². The van der Waals surface area contributed by atoms with E-state index in [4.69, 9.17) is 4.52 Å². The summed E-state index contributed by atoms with van der Waals surface area (Å²) in [5.41, 5.74) is -0.157. The number of carbonyl (C=O) groups excluding carboxylic acids is 1. The van der Waals surface area contributed by atoms with Crippen LogP contribution in [0.25, 0.3) is 11.4 Å². The monoisotopic (exact) mass is 425 g/mol. The molecule has 0 bridgehead atoms. The van der Waals surface area contributed by atoms with E-state index in [-0.39, 0.29) is 23.7 Å². The van der Waals surface area contributed by atoms with Gasteiger partial charge >= 0.3 is 0 Å². The van der Waals surface area contributed by atoms with E-state index < -0.39 is 5.54 Å². The van der Waals surface area contributed by atoms with Crippen LogP contribution in [-0.4, -0.2) is 45.6 Å². The first kappa shape index (κ1) is 21.4.